The van der Waals surface area contributed by atoms with Gasteiger partial charge < -0.3 is 9.50 Å². The standard InChI is InChI=1S/C17H23N3O4S/c1-6-25(22,23)24-16-14(11-20(5)19-16)15(21)18-13-9-7-12(8-10-13)17(2,3)4/h7-11H,6H2,1-5H3,(H,18,21). The number of aromatic nitrogens is 2. The molecule has 0 aliphatic rings. The molecule has 136 valence electrons. The second-order valence-corrected chi connectivity index (χ2v) is 8.59. The van der Waals surface area contributed by atoms with Crippen molar-refractivity contribution in [2.45, 2.75) is 33.1 Å². The number of aryl methyl sites for hydroxylation is 1. The van der Waals surface area contributed by atoms with Gasteiger partial charge in [0.15, 0.2) is 0 Å². The highest BCUT2D eigenvalue weighted by Crippen LogP contribution is 2.24. The highest BCUT2D eigenvalue weighted by atomic mass is 32.2. The Balaban J connectivity index is 2.21. The number of carbonyl (C=O) groups is 1. The summed E-state index contributed by atoms with van der Waals surface area (Å²) in [6.45, 7) is 7.77. The van der Waals surface area contributed by atoms with Gasteiger partial charge in [0.2, 0.25) is 0 Å². The van der Waals surface area contributed by atoms with Crippen molar-refractivity contribution in [3.8, 4) is 5.88 Å². The van der Waals surface area contributed by atoms with Crippen LogP contribution >= 0.6 is 0 Å². The van der Waals surface area contributed by atoms with Crippen LogP contribution in [0.3, 0.4) is 0 Å². The van der Waals surface area contributed by atoms with Gasteiger partial charge in [-0.1, -0.05) is 32.9 Å². The maximum Gasteiger partial charge on any atom is 0.310 e. The van der Waals surface area contributed by atoms with Crippen LogP contribution in [0.2, 0.25) is 0 Å². The molecular weight excluding hydrogens is 342 g/mol. The number of hydrogen-bond donors (Lipinski definition) is 1. The topological polar surface area (TPSA) is 90.3 Å². The first-order valence-electron chi connectivity index (χ1n) is 7.89. The third kappa shape index (κ3) is 4.82. The van der Waals surface area contributed by atoms with Gasteiger partial charge in [-0.2, -0.15) is 8.42 Å². The van der Waals surface area contributed by atoms with Gasteiger partial charge in [-0.25, -0.2) is 0 Å². The normalized spacial score (nSPS) is 12.0. The molecule has 1 amide bonds. The van der Waals surface area contributed by atoms with Crippen molar-refractivity contribution in [1.82, 2.24) is 9.78 Å². The van der Waals surface area contributed by atoms with Crippen LogP contribution in [-0.2, 0) is 22.6 Å². The Hall–Kier alpha value is -2.35. The van der Waals surface area contributed by atoms with Crippen LogP contribution in [0, 0.1) is 0 Å². The van der Waals surface area contributed by atoms with Gasteiger partial charge in [0, 0.05) is 18.9 Å². The molecule has 0 radical (unpaired) electrons. The first kappa shape index (κ1) is 19.0. The van der Waals surface area contributed by atoms with Crippen molar-refractivity contribution in [2.75, 3.05) is 11.1 Å². The third-order valence-corrected chi connectivity index (χ3v) is 4.73. The monoisotopic (exact) mass is 365 g/mol. The molecule has 0 atom stereocenters. The Morgan fingerprint density at radius 2 is 1.84 bits per heavy atom. The lowest BCUT2D eigenvalue weighted by atomic mass is 9.87. The lowest BCUT2D eigenvalue weighted by Crippen LogP contribution is -2.17. The van der Waals surface area contributed by atoms with Gasteiger partial charge in [-0.3, -0.25) is 9.48 Å². The van der Waals surface area contributed by atoms with Gasteiger partial charge >= 0.3 is 10.1 Å². The van der Waals surface area contributed by atoms with Crippen molar-refractivity contribution >= 4 is 21.7 Å². The van der Waals surface area contributed by atoms with E-state index in [1.54, 1.807) is 19.2 Å². The summed E-state index contributed by atoms with van der Waals surface area (Å²) in [6, 6.07) is 7.49. The van der Waals surface area contributed by atoms with E-state index in [9.17, 15) is 13.2 Å². The number of nitrogens with one attached hydrogen (secondary N) is 1. The van der Waals surface area contributed by atoms with E-state index in [0.29, 0.717) is 5.69 Å². The number of benzene rings is 1. The third-order valence-electron chi connectivity index (χ3n) is 3.61. The molecule has 1 heterocycles. The zero-order valence-corrected chi connectivity index (χ0v) is 15.8. The summed E-state index contributed by atoms with van der Waals surface area (Å²) >= 11 is 0. The molecule has 1 aromatic heterocycles. The van der Waals surface area contributed by atoms with E-state index in [2.05, 4.69) is 31.2 Å². The SMILES string of the molecule is CCS(=O)(=O)Oc1nn(C)cc1C(=O)Nc1ccc(C(C)(C)C)cc1. The molecule has 0 aliphatic carbocycles. The zero-order chi connectivity index (χ0) is 18.8. The fourth-order valence-electron chi connectivity index (χ4n) is 2.12. The average molecular weight is 365 g/mol. The highest BCUT2D eigenvalue weighted by Gasteiger charge is 2.22. The van der Waals surface area contributed by atoms with Crippen molar-refractivity contribution in [3.05, 3.63) is 41.6 Å². The van der Waals surface area contributed by atoms with Crippen LogP contribution in [0.15, 0.2) is 30.5 Å². The van der Waals surface area contributed by atoms with Crippen LogP contribution in [0.4, 0.5) is 5.69 Å². The summed E-state index contributed by atoms with van der Waals surface area (Å²) < 4.78 is 29.5. The molecule has 8 heteroatoms. The minimum Gasteiger partial charge on any atom is -0.359 e. The van der Waals surface area contributed by atoms with E-state index in [0.717, 1.165) is 5.56 Å². The number of anilines is 1. The lowest BCUT2D eigenvalue weighted by molar-refractivity contribution is 0.102. The summed E-state index contributed by atoms with van der Waals surface area (Å²) in [4.78, 5) is 12.5. The molecule has 25 heavy (non-hydrogen) atoms. The average Bonchev–Trinajstić information content (AvgIpc) is 2.87. The van der Waals surface area contributed by atoms with Crippen LogP contribution < -0.4 is 9.50 Å². The van der Waals surface area contributed by atoms with E-state index in [-0.39, 0.29) is 22.6 Å². The van der Waals surface area contributed by atoms with E-state index in [1.807, 2.05) is 12.1 Å². The Labute approximate surface area is 148 Å². The summed E-state index contributed by atoms with van der Waals surface area (Å²) in [5.74, 6) is -0.926. The molecule has 0 unspecified atom stereocenters. The van der Waals surface area contributed by atoms with Crippen LogP contribution in [-0.4, -0.2) is 29.9 Å². The molecule has 7 nitrogen and oxygen atoms in total. The minimum atomic E-state index is -3.77. The van der Waals surface area contributed by atoms with Crippen molar-refractivity contribution in [3.63, 3.8) is 0 Å². The number of carbonyl (C=O) groups excluding carboxylic acids is 1. The number of rotatable bonds is 5. The van der Waals surface area contributed by atoms with E-state index in [4.69, 9.17) is 4.18 Å². The second kappa shape index (κ2) is 6.87. The molecule has 1 N–H and O–H groups in total. The summed E-state index contributed by atoms with van der Waals surface area (Å²) in [5.41, 5.74) is 1.82. The fourth-order valence-corrected chi connectivity index (χ4v) is 2.60. The molecule has 0 saturated carbocycles. The Bertz CT molecular complexity index is 862. The van der Waals surface area contributed by atoms with E-state index in [1.165, 1.54) is 17.8 Å². The minimum absolute atomic E-state index is 0.0153. The van der Waals surface area contributed by atoms with Crippen molar-refractivity contribution in [1.29, 1.82) is 0 Å². The lowest BCUT2D eigenvalue weighted by Gasteiger charge is -2.19. The molecular formula is C17H23N3O4S. The molecule has 0 fully saturated rings. The van der Waals surface area contributed by atoms with Crippen molar-refractivity contribution in [2.24, 2.45) is 7.05 Å². The molecule has 2 rings (SSSR count). The fraction of sp³-hybridized carbons (Fsp3) is 0.412. The predicted molar refractivity (Wildman–Crippen MR) is 96.4 cm³/mol. The number of amides is 1. The van der Waals surface area contributed by atoms with Gasteiger partial charge in [0.05, 0.1) is 5.75 Å². The van der Waals surface area contributed by atoms with Gasteiger partial charge in [0.25, 0.3) is 11.8 Å². The maximum absolute atomic E-state index is 12.5. The smallest absolute Gasteiger partial charge is 0.310 e. The summed E-state index contributed by atoms with van der Waals surface area (Å²) in [7, 11) is -2.18. The first-order chi connectivity index (χ1) is 11.5. The number of hydrogen-bond acceptors (Lipinski definition) is 5. The number of nitrogens with zero attached hydrogens (tertiary/aromatic N) is 2. The highest BCUT2D eigenvalue weighted by molar-refractivity contribution is 7.87. The van der Waals surface area contributed by atoms with Gasteiger partial charge in [-0.15, -0.1) is 5.10 Å². The Morgan fingerprint density at radius 3 is 2.36 bits per heavy atom. The Kier molecular flexibility index (Phi) is 5.22. The zero-order valence-electron chi connectivity index (χ0n) is 15.0. The molecule has 0 spiro atoms. The van der Waals surface area contributed by atoms with Gasteiger partial charge in [-0.05, 0) is 30.0 Å². The molecule has 0 bridgehead atoms. The van der Waals surface area contributed by atoms with Crippen molar-refractivity contribution < 1.29 is 17.4 Å². The molecule has 0 aliphatic heterocycles. The van der Waals surface area contributed by atoms with Crippen LogP contribution in [0.1, 0.15) is 43.6 Å². The van der Waals surface area contributed by atoms with Crippen LogP contribution in [0.25, 0.3) is 0 Å². The molecule has 1 aromatic carbocycles. The predicted octanol–water partition coefficient (Wildman–Crippen LogP) is 2.70. The van der Waals surface area contributed by atoms with Gasteiger partial charge in [0.1, 0.15) is 5.56 Å². The summed E-state index contributed by atoms with van der Waals surface area (Å²) in [5, 5.41) is 6.63. The molecule has 0 saturated heterocycles. The first-order valence-corrected chi connectivity index (χ1v) is 9.47. The Morgan fingerprint density at radius 1 is 1.24 bits per heavy atom. The quantitative estimate of drug-likeness (QED) is 0.823. The van der Waals surface area contributed by atoms with E-state index >= 15 is 0 Å². The summed E-state index contributed by atoms with van der Waals surface area (Å²) in [6.07, 6.45) is 1.42. The maximum atomic E-state index is 12.5. The molecule has 2 aromatic rings. The van der Waals surface area contributed by atoms with Crippen LogP contribution in [0.5, 0.6) is 5.88 Å². The largest absolute Gasteiger partial charge is 0.359 e. The van der Waals surface area contributed by atoms with E-state index < -0.39 is 16.0 Å². The second-order valence-electron chi connectivity index (χ2n) is 6.73.